The average molecular weight is 288 g/mol. The van der Waals surface area contributed by atoms with Crippen molar-refractivity contribution in [2.75, 3.05) is 12.8 Å². The van der Waals surface area contributed by atoms with Crippen LogP contribution in [-0.2, 0) is 6.54 Å². The maximum Gasteiger partial charge on any atom is 0.256 e. The lowest BCUT2D eigenvalue weighted by atomic mass is 10.1. The van der Waals surface area contributed by atoms with Crippen molar-refractivity contribution in [1.29, 1.82) is 0 Å². The van der Waals surface area contributed by atoms with Gasteiger partial charge in [0.25, 0.3) is 5.91 Å². The largest absolute Gasteiger partial charge is 0.508 e. The third-order valence-corrected chi connectivity index (χ3v) is 3.25. The molecule has 0 heterocycles. The molecule has 110 valence electrons. The van der Waals surface area contributed by atoms with Crippen molar-refractivity contribution in [3.8, 4) is 5.75 Å². The average Bonchev–Trinajstić information content (AvgIpc) is 2.44. The molecule has 1 amide bonds. The van der Waals surface area contributed by atoms with Crippen LogP contribution in [0.15, 0.2) is 36.4 Å². The maximum atomic E-state index is 14.1. The first-order valence-corrected chi connectivity index (χ1v) is 6.48. The fraction of sp³-hybridized carbons (Fsp3) is 0.188. The smallest absolute Gasteiger partial charge is 0.256 e. The van der Waals surface area contributed by atoms with Gasteiger partial charge in [0.1, 0.15) is 11.6 Å². The number of nitrogens with zero attached hydrogens (tertiary/aromatic N) is 1. The number of anilines is 1. The molecule has 4 nitrogen and oxygen atoms in total. The third kappa shape index (κ3) is 3.13. The lowest BCUT2D eigenvalue weighted by molar-refractivity contribution is 0.0779. The van der Waals surface area contributed by atoms with Crippen LogP contribution in [0.1, 0.15) is 21.5 Å². The molecule has 0 aromatic heterocycles. The number of nitrogen functional groups attached to an aromatic ring is 1. The van der Waals surface area contributed by atoms with Gasteiger partial charge in [-0.05, 0) is 30.7 Å². The predicted octanol–water partition coefficient (Wildman–Crippen LogP) is 2.69. The Morgan fingerprint density at radius 2 is 2.00 bits per heavy atom. The molecule has 0 radical (unpaired) electrons. The fourth-order valence-electron chi connectivity index (χ4n) is 2.13. The zero-order valence-electron chi connectivity index (χ0n) is 11.9. The SMILES string of the molecule is Cc1cc(N)cc(C(=O)N(C)Cc2ccccc2O)c1F. The van der Waals surface area contributed by atoms with Gasteiger partial charge in [-0.3, -0.25) is 4.79 Å². The number of carbonyl (C=O) groups excluding carboxylic acids is 1. The van der Waals surface area contributed by atoms with Crippen molar-refractivity contribution in [2.24, 2.45) is 0 Å². The number of phenols is 1. The molecule has 21 heavy (non-hydrogen) atoms. The molecule has 0 unspecified atom stereocenters. The van der Waals surface area contributed by atoms with Crippen molar-refractivity contribution in [2.45, 2.75) is 13.5 Å². The first-order valence-electron chi connectivity index (χ1n) is 6.48. The van der Waals surface area contributed by atoms with Crippen molar-refractivity contribution in [3.63, 3.8) is 0 Å². The Labute approximate surface area is 122 Å². The Morgan fingerprint density at radius 3 is 2.67 bits per heavy atom. The van der Waals surface area contributed by atoms with E-state index >= 15 is 0 Å². The summed E-state index contributed by atoms with van der Waals surface area (Å²) in [5, 5.41) is 9.72. The Hall–Kier alpha value is -2.56. The minimum Gasteiger partial charge on any atom is -0.508 e. The molecule has 5 heteroatoms. The van der Waals surface area contributed by atoms with E-state index < -0.39 is 11.7 Å². The van der Waals surface area contributed by atoms with E-state index in [1.54, 1.807) is 38.2 Å². The second-order valence-electron chi connectivity index (χ2n) is 4.99. The molecular formula is C16H17FN2O2. The van der Waals surface area contributed by atoms with Crippen LogP contribution in [0, 0.1) is 12.7 Å². The number of aromatic hydroxyl groups is 1. The highest BCUT2D eigenvalue weighted by Crippen LogP contribution is 2.21. The van der Waals surface area contributed by atoms with E-state index in [4.69, 9.17) is 5.73 Å². The molecule has 0 saturated carbocycles. The number of aryl methyl sites for hydroxylation is 1. The summed E-state index contributed by atoms with van der Waals surface area (Å²) in [7, 11) is 1.55. The topological polar surface area (TPSA) is 66.6 Å². The summed E-state index contributed by atoms with van der Waals surface area (Å²) in [6.07, 6.45) is 0. The van der Waals surface area contributed by atoms with Crippen LogP contribution in [0.5, 0.6) is 5.75 Å². The van der Waals surface area contributed by atoms with Gasteiger partial charge in [0.2, 0.25) is 0 Å². The molecule has 0 spiro atoms. The van der Waals surface area contributed by atoms with Crippen LogP contribution in [0.4, 0.5) is 10.1 Å². The molecule has 0 fully saturated rings. The van der Waals surface area contributed by atoms with Crippen LogP contribution in [0.2, 0.25) is 0 Å². The van der Waals surface area contributed by atoms with Gasteiger partial charge in [-0.2, -0.15) is 0 Å². The second kappa shape index (κ2) is 5.83. The van der Waals surface area contributed by atoms with Crippen LogP contribution >= 0.6 is 0 Å². The molecule has 0 bridgehead atoms. The standard InChI is InChI=1S/C16H17FN2O2/c1-10-7-12(18)8-13(15(10)17)16(21)19(2)9-11-5-3-4-6-14(11)20/h3-8,20H,9,18H2,1-2H3. The number of phenolic OH excluding ortho intramolecular Hbond substituents is 1. The lowest BCUT2D eigenvalue weighted by Gasteiger charge is -2.19. The maximum absolute atomic E-state index is 14.1. The van der Waals surface area contributed by atoms with Gasteiger partial charge in [-0.25, -0.2) is 4.39 Å². The van der Waals surface area contributed by atoms with E-state index in [1.807, 2.05) is 0 Å². The zero-order valence-corrected chi connectivity index (χ0v) is 11.9. The molecule has 2 aromatic carbocycles. The van der Waals surface area contributed by atoms with E-state index in [0.29, 0.717) is 16.8 Å². The van der Waals surface area contributed by atoms with Crippen molar-refractivity contribution in [1.82, 2.24) is 4.90 Å². The number of amides is 1. The summed E-state index contributed by atoms with van der Waals surface area (Å²) >= 11 is 0. The number of benzene rings is 2. The number of para-hydroxylation sites is 1. The van der Waals surface area contributed by atoms with Crippen LogP contribution < -0.4 is 5.73 Å². The summed E-state index contributed by atoms with van der Waals surface area (Å²) in [6, 6.07) is 9.51. The molecular weight excluding hydrogens is 271 g/mol. The second-order valence-corrected chi connectivity index (χ2v) is 4.99. The summed E-state index contributed by atoms with van der Waals surface area (Å²) in [6.45, 7) is 1.74. The minimum absolute atomic E-state index is 0.0644. The highest BCUT2D eigenvalue weighted by molar-refractivity contribution is 5.95. The molecule has 0 aliphatic rings. The van der Waals surface area contributed by atoms with Crippen molar-refractivity contribution in [3.05, 3.63) is 58.9 Å². The van der Waals surface area contributed by atoms with E-state index in [0.717, 1.165) is 0 Å². The Bertz CT molecular complexity index is 686. The summed E-state index contributed by atoms with van der Waals surface area (Å²) < 4.78 is 14.1. The zero-order chi connectivity index (χ0) is 15.6. The number of hydrogen-bond donors (Lipinski definition) is 2. The van der Waals surface area contributed by atoms with E-state index in [-0.39, 0.29) is 17.9 Å². The third-order valence-electron chi connectivity index (χ3n) is 3.25. The van der Waals surface area contributed by atoms with Crippen LogP contribution in [0.25, 0.3) is 0 Å². The molecule has 0 aliphatic carbocycles. The minimum atomic E-state index is -0.571. The van der Waals surface area contributed by atoms with Crippen LogP contribution in [0.3, 0.4) is 0 Å². The molecule has 3 N–H and O–H groups in total. The number of nitrogens with two attached hydrogens (primary N) is 1. The predicted molar refractivity (Wildman–Crippen MR) is 79.5 cm³/mol. The van der Waals surface area contributed by atoms with Gasteiger partial charge >= 0.3 is 0 Å². The normalized spacial score (nSPS) is 10.4. The molecule has 0 aliphatic heterocycles. The first kappa shape index (κ1) is 14.8. The first-order chi connectivity index (χ1) is 9.90. The highest BCUT2D eigenvalue weighted by Gasteiger charge is 2.19. The monoisotopic (exact) mass is 288 g/mol. The molecule has 0 saturated heterocycles. The van der Waals surface area contributed by atoms with Gasteiger partial charge in [-0.15, -0.1) is 0 Å². The van der Waals surface area contributed by atoms with E-state index in [1.165, 1.54) is 17.0 Å². The van der Waals surface area contributed by atoms with Gasteiger partial charge in [0.05, 0.1) is 5.56 Å². The summed E-state index contributed by atoms with van der Waals surface area (Å²) in [5.41, 5.74) is 6.86. The Balaban J connectivity index is 2.26. The van der Waals surface area contributed by atoms with Gasteiger partial charge < -0.3 is 15.7 Å². The Morgan fingerprint density at radius 1 is 1.33 bits per heavy atom. The van der Waals surface area contributed by atoms with Crippen molar-refractivity contribution < 1.29 is 14.3 Å². The number of hydrogen-bond acceptors (Lipinski definition) is 3. The summed E-state index contributed by atoms with van der Waals surface area (Å²) in [4.78, 5) is 13.7. The lowest BCUT2D eigenvalue weighted by Crippen LogP contribution is -2.27. The number of halogens is 1. The molecule has 0 atom stereocenters. The summed E-state index contributed by atoms with van der Waals surface area (Å²) in [5.74, 6) is -0.953. The highest BCUT2D eigenvalue weighted by atomic mass is 19.1. The quantitative estimate of drug-likeness (QED) is 0.853. The van der Waals surface area contributed by atoms with Gasteiger partial charge in [0, 0.05) is 24.8 Å². The van der Waals surface area contributed by atoms with E-state index in [9.17, 15) is 14.3 Å². The molecule has 2 rings (SSSR count). The van der Waals surface area contributed by atoms with E-state index in [2.05, 4.69) is 0 Å². The number of rotatable bonds is 3. The van der Waals surface area contributed by atoms with Crippen molar-refractivity contribution >= 4 is 11.6 Å². The van der Waals surface area contributed by atoms with Gasteiger partial charge in [-0.1, -0.05) is 18.2 Å². The fourth-order valence-corrected chi connectivity index (χ4v) is 2.13. The molecule has 2 aromatic rings. The Kier molecular flexibility index (Phi) is 4.12. The van der Waals surface area contributed by atoms with Crippen LogP contribution in [-0.4, -0.2) is 23.0 Å². The number of carbonyl (C=O) groups is 1. The van der Waals surface area contributed by atoms with Gasteiger partial charge in [0.15, 0.2) is 0 Å².